The summed E-state index contributed by atoms with van der Waals surface area (Å²) in [6.45, 7) is 0. The molecule has 3 aromatic carbocycles. The van der Waals surface area contributed by atoms with Gasteiger partial charge < -0.3 is 15.4 Å². The number of nitrogens with zero attached hydrogens (tertiary/aromatic N) is 2. The third-order valence-electron chi connectivity index (χ3n) is 4.91. The Balaban J connectivity index is 1.28. The van der Waals surface area contributed by atoms with E-state index in [0.717, 1.165) is 11.3 Å². The smallest absolute Gasteiger partial charge is 0.247 e. The molecule has 0 bridgehead atoms. The van der Waals surface area contributed by atoms with Crippen molar-refractivity contribution in [2.75, 3.05) is 10.6 Å². The van der Waals surface area contributed by atoms with Crippen molar-refractivity contribution in [3.8, 4) is 11.5 Å². The van der Waals surface area contributed by atoms with Crippen LogP contribution in [0.4, 0.5) is 11.6 Å². The second-order valence-electron chi connectivity index (χ2n) is 6.98. The first-order valence-corrected chi connectivity index (χ1v) is 9.58. The molecule has 2 N–H and O–H groups in total. The molecule has 5 rings (SSSR count). The zero-order valence-electron chi connectivity index (χ0n) is 15.9. The first-order valence-electron chi connectivity index (χ1n) is 9.58. The van der Waals surface area contributed by atoms with Crippen LogP contribution in [0.2, 0.25) is 0 Å². The molecule has 1 aromatic heterocycles. The number of rotatable bonds is 4. The number of ether oxygens (including phenoxy) is 1. The van der Waals surface area contributed by atoms with Crippen LogP contribution in [0, 0.1) is 0 Å². The van der Waals surface area contributed by atoms with Crippen LogP contribution < -0.4 is 15.4 Å². The summed E-state index contributed by atoms with van der Waals surface area (Å²) in [5.41, 5.74) is 2.06. The van der Waals surface area contributed by atoms with Gasteiger partial charge in [0.1, 0.15) is 17.5 Å². The maximum atomic E-state index is 12.7. The molecule has 1 aliphatic heterocycles. The second kappa shape index (κ2) is 7.36. The molecule has 0 saturated carbocycles. The lowest BCUT2D eigenvalue weighted by Gasteiger charge is -2.23. The fourth-order valence-corrected chi connectivity index (χ4v) is 3.47. The third kappa shape index (κ3) is 3.37. The van der Waals surface area contributed by atoms with Gasteiger partial charge in [-0.3, -0.25) is 9.59 Å². The van der Waals surface area contributed by atoms with Gasteiger partial charge in [-0.15, -0.1) is 0 Å². The molecule has 148 valence electrons. The van der Waals surface area contributed by atoms with Crippen molar-refractivity contribution in [1.29, 1.82) is 0 Å². The summed E-state index contributed by atoms with van der Waals surface area (Å²) in [4.78, 5) is 29.8. The summed E-state index contributed by atoms with van der Waals surface area (Å²) in [7, 11) is 0. The van der Waals surface area contributed by atoms with Gasteiger partial charge in [0.2, 0.25) is 17.8 Å². The van der Waals surface area contributed by atoms with Crippen molar-refractivity contribution in [2.24, 2.45) is 0 Å². The molecule has 1 atom stereocenters. The minimum Gasteiger partial charge on any atom is -0.457 e. The number of nitrogens with one attached hydrogen (secondary N) is 2. The van der Waals surface area contributed by atoms with E-state index in [1.807, 2.05) is 54.6 Å². The van der Waals surface area contributed by atoms with Crippen LogP contribution in [0.1, 0.15) is 11.2 Å². The Hall–Kier alpha value is -4.13. The van der Waals surface area contributed by atoms with Crippen LogP contribution in [0.5, 0.6) is 11.5 Å². The lowest BCUT2D eigenvalue weighted by atomic mass is 10.1. The van der Waals surface area contributed by atoms with Crippen molar-refractivity contribution in [3.05, 3.63) is 78.9 Å². The Morgan fingerprint density at radius 2 is 1.67 bits per heavy atom. The fraction of sp³-hybridized carbons (Fsp3) is 0.0870. The maximum absolute atomic E-state index is 12.7. The fourth-order valence-electron chi connectivity index (χ4n) is 3.47. The third-order valence-corrected chi connectivity index (χ3v) is 4.91. The van der Waals surface area contributed by atoms with Crippen LogP contribution >= 0.6 is 0 Å². The van der Waals surface area contributed by atoms with Crippen molar-refractivity contribution >= 4 is 34.5 Å². The molecule has 7 nitrogen and oxygen atoms in total. The number of fused-ring (bicyclic) bond motifs is 3. The van der Waals surface area contributed by atoms with Crippen LogP contribution in [0.3, 0.4) is 0 Å². The van der Waals surface area contributed by atoms with E-state index in [2.05, 4.69) is 15.6 Å². The van der Waals surface area contributed by atoms with Crippen molar-refractivity contribution in [1.82, 2.24) is 9.55 Å². The molecule has 7 heteroatoms. The number of benzene rings is 3. The monoisotopic (exact) mass is 398 g/mol. The SMILES string of the molecule is O=C(Nc1ccc(Oc2ccccc2)cc1)C1CC(=O)n2c(nc3ccccc32)N1. The number of carbonyl (C=O) groups excluding carboxylic acids is 2. The number of amides is 1. The van der Waals surface area contributed by atoms with Crippen molar-refractivity contribution in [3.63, 3.8) is 0 Å². The summed E-state index contributed by atoms with van der Waals surface area (Å²) in [5.74, 6) is 1.34. The van der Waals surface area contributed by atoms with E-state index >= 15 is 0 Å². The molecule has 0 saturated heterocycles. The summed E-state index contributed by atoms with van der Waals surface area (Å²) >= 11 is 0. The molecule has 1 amide bonds. The molecule has 0 aliphatic carbocycles. The van der Waals surface area contributed by atoms with Gasteiger partial charge in [0.15, 0.2) is 0 Å². The van der Waals surface area contributed by atoms with E-state index in [9.17, 15) is 9.59 Å². The zero-order valence-corrected chi connectivity index (χ0v) is 15.9. The highest BCUT2D eigenvalue weighted by Gasteiger charge is 2.31. The molecule has 0 fully saturated rings. The highest BCUT2D eigenvalue weighted by Crippen LogP contribution is 2.26. The second-order valence-corrected chi connectivity index (χ2v) is 6.98. The molecule has 1 unspecified atom stereocenters. The van der Waals surface area contributed by atoms with Crippen LogP contribution in [0.25, 0.3) is 11.0 Å². The van der Waals surface area contributed by atoms with E-state index < -0.39 is 6.04 Å². The predicted molar refractivity (Wildman–Crippen MR) is 114 cm³/mol. The number of aromatic nitrogens is 2. The van der Waals surface area contributed by atoms with E-state index in [4.69, 9.17) is 4.74 Å². The standard InChI is InChI=1S/C23H18N4O3/c28-21-14-19(26-23-25-18-8-4-5-9-20(18)27(21)23)22(29)24-15-10-12-17(13-11-15)30-16-6-2-1-3-7-16/h1-13,19H,14H2,(H,24,29)(H,25,26). The maximum Gasteiger partial charge on any atom is 0.247 e. The number of hydrogen-bond acceptors (Lipinski definition) is 5. The van der Waals surface area contributed by atoms with Gasteiger partial charge in [-0.25, -0.2) is 9.55 Å². The Bertz CT molecular complexity index is 1230. The average Bonchev–Trinajstić information content (AvgIpc) is 3.15. The topological polar surface area (TPSA) is 85.2 Å². The number of para-hydroxylation sites is 3. The Kier molecular flexibility index (Phi) is 4.40. The number of carbonyl (C=O) groups is 2. The van der Waals surface area contributed by atoms with Gasteiger partial charge in [-0.2, -0.15) is 0 Å². The zero-order chi connectivity index (χ0) is 20.5. The number of hydrogen-bond donors (Lipinski definition) is 2. The average molecular weight is 398 g/mol. The van der Waals surface area contributed by atoms with Crippen molar-refractivity contribution < 1.29 is 14.3 Å². The first kappa shape index (κ1) is 17.9. The van der Waals surface area contributed by atoms with E-state index in [1.165, 1.54) is 4.57 Å². The minimum atomic E-state index is -0.693. The van der Waals surface area contributed by atoms with Crippen LogP contribution in [0.15, 0.2) is 78.9 Å². The minimum absolute atomic E-state index is 0.0500. The van der Waals surface area contributed by atoms with Gasteiger partial charge in [0.05, 0.1) is 17.5 Å². The largest absolute Gasteiger partial charge is 0.457 e. The molecule has 1 aliphatic rings. The van der Waals surface area contributed by atoms with Gasteiger partial charge in [-0.1, -0.05) is 30.3 Å². The highest BCUT2D eigenvalue weighted by molar-refractivity contribution is 6.04. The molecular weight excluding hydrogens is 380 g/mol. The number of anilines is 2. The molecule has 0 spiro atoms. The van der Waals surface area contributed by atoms with Gasteiger partial charge in [0, 0.05) is 5.69 Å². The lowest BCUT2D eigenvalue weighted by Crippen LogP contribution is -2.42. The molecule has 2 heterocycles. The molecule has 30 heavy (non-hydrogen) atoms. The van der Waals surface area contributed by atoms with E-state index in [-0.39, 0.29) is 18.2 Å². The van der Waals surface area contributed by atoms with Crippen LogP contribution in [-0.2, 0) is 4.79 Å². The summed E-state index contributed by atoms with van der Waals surface area (Å²) < 4.78 is 7.28. The van der Waals surface area contributed by atoms with E-state index in [0.29, 0.717) is 22.9 Å². The molecule has 0 radical (unpaired) electrons. The first-order chi connectivity index (χ1) is 14.7. The van der Waals surface area contributed by atoms with Gasteiger partial charge >= 0.3 is 0 Å². The van der Waals surface area contributed by atoms with Crippen LogP contribution in [-0.4, -0.2) is 27.4 Å². The number of imidazole rings is 1. The predicted octanol–water partition coefficient (Wildman–Crippen LogP) is 4.29. The van der Waals surface area contributed by atoms with Gasteiger partial charge in [0.25, 0.3) is 0 Å². The normalized spacial score (nSPS) is 15.3. The Morgan fingerprint density at radius 3 is 2.47 bits per heavy atom. The van der Waals surface area contributed by atoms with Gasteiger partial charge in [-0.05, 0) is 48.5 Å². The highest BCUT2D eigenvalue weighted by atomic mass is 16.5. The molecular formula is C23H18N4O3. The summed E-state index contributed by atoms with van der Waals surface area (Å²) in [5, 5.41) is 5.92. The summed E-state index contributed by atoms with van der Waals surface area (Å²) in [6.07, 6.45) is 0.0500. The Morgan fingerprint density at radius 1 is 0.967 bits per heavy atom. The lowest BCUT2D eigenvalue weighted by molar-refractivity contribution is -0.117. The molecule has 4 aromatic rings. The quantitative estimate of drug-likeness (QED) is 0.536. The summed E-state index contributed by atoms with van der Waals surface area (Å²) in [6, 6.07) is 23.2. The van der Waals surface area contributed by atoms with E-state index in [1.54, 1.807) is 24.3 Å². The Labute approximate surface area is 172 Å². The van der Waals surface area contributed by atoms with Crippen molar-refractivity contribution in [2.45, 2.75) is 12.5 Å².